The van der Waals surface area contributed by atoms with Gasteiger partial charge in [0.2, 0.25) is 0 Å². The van der Waals surface area contributed by atoms with E-state index in [0.29, 0.717) is 10.6 Å². The minimum atomic E-state index is -1.60. The van der Waals surface area contributed by atoms with E-state index in [4.69, 9.17) is 13.9 Å². The van der Waals surface area contributed by atoms with Crippen molar-refractivity contribution in [3.63, 3.8) is 0 Å². The number of nitrogens with zero attached hydrogens (tertiary/aromatic N) is 5. The van der Waals surface area contributed by atoms with Gasteiger partial charge in [-0.2, -0.15) is 0 Å². The molecule has 1 aliphatic heterocycles. The molecular weight excluding hydrogens is 595 g/mol. The van der Waals surface area contributed by atoms with Crippen LogP contribution in [0.2, 0.25) is 0 Å². The summed E-state index contributed by atoms with van der Waals surface area (Å²) in [5.41, 5.74) is -0.333. The summed E-state index contributed by atoms with van der Waals surface area (Å²) >= 11 is 4.62. The third kappa shape index (κ3) is 5.62. The molecule has 200 valence electrons. The number of aliphatic hydroxyl groups excluding tert-OH is 2. The van der Waals surface area contributed by atoms with Gasteiger partial charge in [0.25, 0.3) is 0 Å². The van der Waals surface area contributed by atoms with Crippen LogP contribution in [0.4, 0.5) is 13.2 Å². The average Bonchev–Trinajstić information content (AvgIpc) is 3.59. The summed E-state index contributed by atoms with van der Waals surface area (Å²) in [4.78, 5) is 8.90. The second-order valence-electron chi connectivity index (χ2n) is 8.26. The van der Waals surface area contributed by atoms with Crippen molar-refractivity contribution in [2.24, 2.45) is 0 Å². The van der Waals surface area contributed by atoms with Crippen LogP contribution in [0.15, 0.2) is 63.2 Å². The molecule has 15 heteroatoms. The van der Waals surface area contributed by atoms with Crippen LogP contribution in [-0.2, 0) is 16.1 Å². The molecule has 5 rings (SSSR count). The zero-order valence-electron chi connectivity index (χ0n) is 19.2. The Morgan fingerprint density at radius 2 is 1.95 bits per heavy atom. The zero-order chi connectivity index (χ0) is 26.8. The molecule has 10 nitrogen and oxygen atoms in total. The molecule has 1 fully saturated rings. The lowest BCUT2D eigenvalue weighted by atomic mass is 9.97. The molecule has 1 aliphatic rings. The van der Waals surface area contributed by atoms with E-state index in [0.717, 1.165) is 16.6 Å². The van der Waals surface area contributed by atoms with E-state index in [-0.39, 0.29) is 17.9 Å². The van der Waals surface area contributed by atoms with Crippen LogP contribution in [-0.4, -0.2) is 65.5 Å². The lowest BCUT2D eigenvalue weighted by Crippen LogP contribution is -2.55. The molecule has 3 aromatic heterocycles. The minimum Gasteiger partial charge on any atom is -0.451 e. The Morgan fingerprint density at radius 1 is 1.16 bits per heavy atom. The number of thioether (sulfide) groups is 1. The van der Waals surface area contributed by atoms with Crippen LogP contribution in [0.5, 0.6) is 0 Å². The summed E-state index contributed by atoms with van der Waals surface area (Å²) in [7, 11) is 0. The van der Waals surface area contributed by atoms with Gasteiger partial charge in [-0.15, -0.1) is 5.10 Å². The number of hydrogen-bond acceptors (Lipinski definition) is 10. The predicted octanol–water partition coefficient (Wildman–Crippen LogP) is 3.50. The summed E-state index contributed by atoms with van der Waals surface area (Å²) in [6.07, 6.45) is 3.97. The summed E-state index contributed by atoms with van der Waals surface area (Å²) in [5.74, 6) is -4.36. The number of rotatable bonds is 8. The van der Waals surface area contributed by atoms with Gasteiger partial charge >= 0.3 is 0 Å². The van der Waals surface area contributed by atoms with Crippen LogP contribution >= 0.6 is 27.7 Å². The molecule has 0 radical (unpaired) electrons. The minimum absolute atomic E-state index is 0.0126. The molecule has 0 bridgehead atoms. The fourth-order valence-corrected chi connectivity index (χ4v) is 5.65. The summed E-state index contributed by atoms with van der Waals surface area (Å²) < 4.78 is 60.3. The van der Waals surface area contributed by atoms with Gasteiger partial charge in [0.05, 0.1) is 19.4 Å². The molecule has 0 unspecified atom stereocenters. The van der Waals surface area contributed by atoms with Crippen LogP contribution < -0.4 is 0 Å². The Kier molecular flexibility index (Phi) is 8.11. The van der Waals surface area contributed by atoms with Crippen molar-refractivity contribution in [1.82, 2.24) is 25.0 Å². The lowest BCUT2D eigenvalue weighted by molar-refractivity contribution is -0.196. The number of pyridine rings is 1. The third-order valence-electron chi connectivity index (χ3n) is 5.76. The van der Waals surface area contributed by atoms with Crippen LogP contribution in [0.25, 0.3) is 11.3 Å². The van der Waals surface area contributed by atoms with Gasteiger partial charge in [-0.1, -0.05) is 17.0 Å². The highest BCUT2D eigenvalue weighted by Crippen LogP contribution is 2.40. The van der Waals surface area contributed by atoms with E-state index in [1.807, 2.05) is 6.07 Å². The van der Waals surface area contributed by atoms with E-state index in [2.05, 4.69) is 36.2 Å². The van der Waals surface area contributed by atoms with Crippen molar-refractivity contribution >= 4 is 27.7 Å². The number of oxazole rings is 1. The summed E-state index contributed by atoms with van der Waals surface area (Å²) in [6.45, 7) is -0.529. The van der Waals surface area contributed by atoms with Crippen molar-refractivity contribution in [3.8, 4) is 11.3 Å². The molecule has 0 aliphatic carbocycles. The first-order chi connectivity index (χ1) is 18.3. The first-order valence-electron chi connectivity index (χ1n) is 11.1. The first-order valence-corrected chi connectivity index (χ1v) is 12.8. The Bertz CT molecular complexity index is 1370. The molecule has 4 aromatic rings. The highest BCUT2D eigenvalue weighted by atomic mass is 79.9. The monoisotopic (exact) mass is 613 g/mol. The Morgan fingerprint density at radius 3 is 2.63 bits per heavy atom. The average molecular weight is 614 g/mol. The Balaban J connectivity index is 1.51. The van der Waals surface area contributed by atoms with Gasteiger partial charge in [-0.25, -0.2) is 22.8 Å². The number of aromatic nitrogens is 5. The molecule has 0 amide bonds. The number of benzene rings is 1. The maximum atomic E-state index is 13.8. The van der Waals surface area contributed by atoms with Crippen molar-refractivity contribution < 1.29 is 37.3 Å². The number of ether oxygens (including phenoxy) is 2. The molecule has 2 N–H and O–H groups in total. The van der Waals surface area contributed by atoms with Gasteiger partial charge in [-0.05, 0) is 34.1 Å². The molecule has 0 spiro atoms. The third-order valence-corrected chi connectivity index (χ3v) is 7.30. The van der Waals surface area contributed by atoms with Crippen molar-refractivity contribution in [3.05, 3.63) is 77.1 Å². The zero-order valence-corrected chi connectivity index (χ0v) is 21.6. The van der Waals surface area contributed by atoms with E-state index in [9.17, 15) is 23.4 Å². The maximum absolute atomic E-state index is 13.8. The van der Waals surface area contributed by atoms with Crippen molar-refractivity contribution in [2.75, 3.05) is 6.61 Å². The highest BCUT2D eigenvalue weighted by Gasteiger charge is 2.48. The van der Waals surface area contributed by atoms with Gasteiger partial charge < -0.3 is 24.1 Å². The second-order valence-corrected chi connectivity index (χ2v) is 10.3. The van der Waals surface area contributed by atoms with Crippen molar-refractivity contribution in [1.29, 1.82) is 0 Å². The molecule has 5 atom stereocenters. The van der Waals surface area contributed by atoms with Crippen molar-refractivity contribution in [2.45, 2.75) is 41.3 Å². The lowest BCUT2D eigenvalue weighted by Gasteiger charge is -2.43. The van der Waals surface area contributed by atoms with Gasteiger partial charge in [0.1, 0.15) is 47.4 Å². The molecular formula is C23H19BrF3N5O5S. The SMILES string of the molecule is OC[C@H]1O[C@H](Sc2cncc(Br)c2)[C@H](OCc2cocn2)[C@@H](n2cc(-c3cc(F)c(F)c(F)c3)nn2)[C@H]1O. The van der Waals surface area contributed by atoms with Crippen LogP contribution in [0.1, 0.15) is 11.7 Å². The van der Waals surface area contributed by atoms with Crippen LogP contribution in [0, 0.1) is 17.5 Å². The summed E-state index contributed by atoms with van der Waals surface area (Å²) in [5, 5.41) is 29.1. The normalized spacial score (nSPS) is 23.6. The van der Waals surface area contributed by atoms with Gasteiger partial charge in [-0.3, -0.25) is 4.98 Å². The quantitative estimate of drug-likeness (QED) is 0.285. The number of aliphatic hydroxyl groups is 2. The topological polar surface area (TPSA) is 129 Å². The molecule has 0 saturated carbocycles. The molecule has 1 saturated heterocycles. The second kappa shape index (κ2) is 11.5. The van der Waals surface area contributed by atoms with Crippen LogP contribution in [0.3, 0.4) is 0 Å². The largest absolute Gasteiger partial charge is 0.451 e. The molecule has 4 heterocycles. The van der Waals surface area contributed by atoms with E-state index in [1.165, 1.54) is 35.3 Å². The fraction of sp³-hybridized carbons (Fsp3) is 0.304. The summed E-state index contributed by atoms with van der Waals surface area (Å²) in [6, 6.07) is 2.43. The van der Waals surface area contributed by atoms with E-state index in [1.54, 1.807) is 12.4 Å². The number of halogens is 4. The molecule has 38 heavy (non-hydrogen) atoms. The van der Waals surface area contributed by atoms with E-state index >= 15 is 0 Å². The fourth-order valence-electron chi connectivity index (χ4n) is 3.97. The predicted molar refractivity (Wildman–Crippen MR) is 129 cm³/mol. The number of hydrogen-bond donors (Lipinski definition) is 2. The maximum Gasteiger partial charge on any atom is 0.194 e. The highest BCUT2D eigenvalue weighted by molar-refractivity contribution is 9.10. The standard InChI is InChI=1S/C23H19BrF3N5O5S/c24-12-3-14(5-28-4-12)38-23-22(36-9-13-8-35-10-29-13)20(21(34)18(7-33)37-23)32-6-17(30-31-32)11-1-15(25)19(27)16(26)2-11/h1-6,8,10,18,20-23,33-34H,7,9H2/t18-,20+,21+,22-,23-/m1/s1. The molecule has 1 aromatic carbocycles. The Labute approximate surface area is 225 Å². The smallest absolute Gasteiger partial charge is 0.194 e. The van der Waals surface area contributed by atoms with E-state index < -0.39 is 53.8 Å². The van der Waals surface area contributed by atoms with Gasteiger partial charge in [0, 0.05) is 27.3 Å². The van der Waals surface area contributed by atoms with Gasteiger partial charge in [0.15, 0.2) is 23.8 Å². The first kappa shape index (κ1) is 26.8. The Hall–Kier alpha value is -2.82.